The topological polar surface area (TPSA) is 100.0 Å². The molecule has 0 atom stereocenters. The normalized spacial score (nSPS) is 12.4. The molecule has 0 aliphatic carbocycles. The predicted octanol–water partition coefficient (Wildman–Crippen LogP) is 2.90. The second-order valence-corrected chi connectivity index (χ2v) is 8.03. The highest BCUT2D eigenvalue weighted by Gasteiger charge is 2.23. The molecule has 9 nitrogen and oxygen atoms in total. The number of unbranched alkanes of at least 4 members (excludes halogenated alkanes) is 1. The van der Waals surface area contributed by atoms with Crippen LogP contribution in [-0.2, 0) is 32.5 Å². The van der Waals surface area contributed by atoms with Gasteiger partial charge in [-0.1, -0.05) is 32.9 Å². The Balaban J connectivity index is 0.00000306. The van der Waals surface area contributed by atoms with Crippen molar-refractivity contribution in [1.29, 1.82) is 0 Å². The summed E-state index contributed by atoms with van der Waals surface area (Å²) in [5.74, 6) is 0.758. The number of halogens is 1. The molecule has 0 saturated carbocycles. The van der Waals surface area contributed by atoms with Crippen LogP contribution in [0.1, 0.15) is 57.5 Å². The van der Waals surface area contributed by atoms with Gasteiger partial charge in [0, 0.05) is 31.6 Å². The number of aliphatic imine (C=N–C) groups is 1. The van der Waals surface area contributed by atoms with E-state index in [0.29, 0.717) is 49.6 Å². The summed E-state index contributed by atoms with van der Waals surface area (Å²) in [7, 11) is 0. The van der Waals surface area contributed by atoms with E-state index in [1.807, 2.05) is 6.92 Å². The van der Waals surface area contributed by atoms with Crippen LogP contribution in [0.2, 0.25) is 0 Å². The third-order valence-corrected chi connectivity index (χ3v) is 5.46. The maximum atomic E-state index is 13.0. The number of aryl methyl sites for hydroxylation is 1. The fourth-order valence-electron chi connectivity index (χ4n) is 3.82. The maximum Gasteiger partial charge on any atom is 0.332 e. The summed E-state index contributed by atoms with van der Waals surface area (Å²) in [6, 6.07) is 6.17. The van der Waals surface area contributed by atoms with Gasteiger partial charge in [0.25, 0.3) is 5.56 Å². The molecule has 176 valence electrons. The summed E-state index contributed by atoms with van der Waals surface area (Å²) in [5, 5.41) is 12.4. The molecule has 0 spiro atoms. The Morgan fingerprint density at radius 2 is 1.76 bits per heavy atom. The fourth-order valence-corrected chi connectivity index (χ4v) is 3.82. The van der Waals surface area contributed by atoms with Crippen molar-refractivity contribution in [2.75, 3.05) is 0 Å². The summed E-state index contributed by atoms with van der Waals surface area (Å²) in [6.07, 6.45) is 3.23. The van der Waals surface area contributed by atoms with Crippen LogP contribution in [0.3, 0.4) is 0 Å². The second-order valence-electron chi connectivity index (χ2n) is 8.03. The highest BCUT2D eigenvalue weighted by molar-refractivity contribution is 5.91. The molecule has 1 aliphatic rings. The standard InChI is InChI=1S/C22H26FN7O2.CH4/c1-3-4-10-28-20-18(13-15(2)24-20)21(31)29(22(28)32)11-5-12-30-26-19(25-27-30)14-16-6-8-17(23)9-7-16;/h6-9H,3-5,10-14H2,1-2H3;1H4. The molecular formula is C23H30FN7O2. The Hall–Kier alpha value is -3.43. The first-order valence-corrected chi connectivity index (χ1v) is 10.9. The van der Waals surface area contributed by atoms with E-state index in [1.165, 1.54) is 21.5 Å². The van der Waals surface area contributed by atoms with Gasteiger partial charge >= 0.3 is 5.69 Å². The van der Waals surface area contributed by atoms with Gasteiger partial charge in [0.1, 0.15) is 11.6 Å². The fraction of sp³-hybridized carbons (Fsp3) is 0.478. The molecule has 0 unspecified atom stereocenters. The van der Waals surface area contributed by atoms with Crippen molar-refractivity contribution >= 4 is 11.5 Å². The molecule has 0 N–H and O–H groups in total. The molecular weight excluding hydrogens is 425 g/mol. The largest absolute Gasteiger partial charge is 0.332 e. The van der Waals surface area contributed by atoms with Crippen molar-refractivity contribution in [1.82, 2.24) is 29.3 Å². The molecule has 1 aliphatic heterocycles. The van der Waals surface area contributed by atoms with E-state index in [9.17, 15) is 14.0 Å². The summed E-state index contributed by atoms with van der Waals surface area (Å²) in [5.41, 5.74) is 1.76. The third kappa shape index (κ3) is 5.32. The average Bonchev–Trinajstić information content (AvgIpc) is 3.38. The van der Waals surface area contributed by atoms with Gasteiger partial charge in [-0.2, -0.15) is 4.80 Å². The van der Waals surface area contributed by atoms with Gasteiger partial charge in [0.05, 0.1) is 12.1 Å². The summed E-state index contributed by atoms with van der Waals surface area (Å²) < 4.78 is 16.0. The first kappa shape index (κ1) is 24.2. The van der Waals surface area contributed by atoms with Gasteiger partial charge in [0.15, 0.2) is 5.82 Å². The Bertz CT molecular complexity index is 1260. The van der Waals surface area contributed by atoms with Crippen molar-refractivity contribution in [2.45, 2.75) is 73.0 Å². The lowest BCUT2D eigenvalue weighted by Gasteiger charge is -2.13. The monoisotopic (exact) mass is 455 g/mol. The van der Waals surface area contributed by atoms with E-state index in [-0.39, 0.29) is 31.0 Å². The lowest BCUT2D eigenvalue weighted by Crippen LogP contribution is -2.41. The van der Waals surface area contributed by atoms with Crippen molar-refractivity contribution in [2.24, 2.45) is 4.99 Å². The van der Waals surface area contributed by atoms with Crippen LogP contribution in [0.15, 0.2) is 38.8 Å². The second kappa shape index (κ2) is 10.5. The summed E-state index contributed by atoms with van der Waals surface area (Å²) in [6.45, 7) is 5.17. The van der Waals surface area contributed by atoms with Gasteiger partial charge in [-0.15, -0.1) is 10.2 Å². The van der Waals surface area contributed by atoms with Gasteiger partial charge in [0.2, 0.25) is 0 Å². The molecule has 33 heavy (non-hydrogen) atoms. The smallest absolute Gasteiger partial charge is 0.278 e. The molecule has 3 heterocycles. The van der Waals surface area contributed by atoms with Crippen LogP contribution in [0, 0.1) is 5.82 Å². The van der Waals surface area contributed by atoms with Gasteiger partial charge < -0.3 is 0 Å². The van der Waals surface area contributed by atoms with Crippen LogP contribution in [0.25, 0.3) is 0 Å². The zero-order chi connectivity index (χ0) is 22.7. The number of hydrogen-bond donors (Lipinski definition) is 0. The van der Waals surface area contributed by atoms with E-state index in [2.05, 4.69) is 27.3 Å². The van der Waals surface area contributed by atoms with Crippen molar-refractivity contribution in [3.63, 3.8) is 0 Å². The van der Waals surface area contributed by atoms with E-state index in [1.54, 1.807) is 16.7 Å². The Morgan fingerprint density at radius 3 is 2.48 bits per heavy atom. The SMILES string of the molecule is C.CCCCn1c2c(c(=O)n(CCCn3nnc(Cc4ccc(F)cc4)n3)c1=O)CC(C)=N2. The Morgan fingerprint density at radius 1 is 1.03 bits per heavy atom. The van der Waals surface area contributed by atoms with Crippen LogP contribution in [-0.4, -0.2) is 35.1 Å². The Kier molecular flexibility index (Phi) is 7.67. The molecule has 0 radical (unpaired) electrons. The molecule has 0 fully saturated rings. The molecule has 3 aromatic rings. The lowest BCUT2D eigenvalue weighted by molar-refractivity contribution is 0.448. The minimum absolute atomic E-state index is 0. The van der Waals surface area contributed by atoms with Gasteiger partial charge in [-0.25, -0.2) is 14.2 Å². The molecule has 1 aromatic carbocycles. The number of benzene rings is 1. The van der Waals surface area contributed by atoms with Crippen molar-refractivity contribution < 1.29 is 4.39 Å². The molecule has 0 amide bonds. The van der Waals surface area contributed by atoms with Crippen LogP contribution < -0.4 is 11.2 Å². The van der Waals surface area contributed by atoms with Gasteiger partial charge in [-0.05, 0) is 42.7 Å². The first-order valence-electron chi connectivity index (χ1n) is 10.9. The number of hydrogen-bond acceptors (Lipinski definition) is 6. The number of fused-ring (bicyclic) bond motifs is 1. The quantitative estimate of drug-likeness (QED) is 0.494. The van der Waals surface area contributed by atoms with Gasteiger partial charge in [-0.3, -0.25) is 13.9 Å². The predicted molar refractivity (Wildman–Crippen MR) is 125 cm³/mol. The number of nitrogens with zero attached hydrogens (tertiary/aromatic N) is 7. The van der Waals surface area contributed by atoms with E-state index in [4.69, 9.17) is 0 Å². The molecule has 4 rings (SSSR count). The lowest BCUT2D eigenvalue weighted by atomic mass is 10.1. The molecule has 10 heteroatoms. The minimum atomic E-state index is -0.316. The number of tetrazole rings is 1. The maximum absolute atomic E-state index is 13.0. The average molecular weight is 456 g/mol. The van der Waals surface area contributed by atoms with Crippen molar-refractivity contribution in [3.05, 3.63) is 67.9 Å². The molecule has 2 aromatic heterocycles. The molecule has 0 bridgehead atoms. The first-order chi connectivity index (χ1) is 15.5. The highest BCUT2D eigenvalue weighted by atomic mass is 19.1. The summed E-state index contributed by atoms with van der Waals surface area (Å²) in [4.78, 5) is 31.9. The zero-order valence-electron chi connectivity index (χ0n) is 18.3. The number of rotatable bonds is 9. The summed E-state index contributed by atoms with van der Waals surface area (Å²) >= 11 is 0. The minimum Gasteiger partial charge on any atom is -0.278 e. The van der Waals surface area contributed by atoms with Crippen LogP contribution >= 0.6 is 0 Å². The van der Waals surface area contributed by atoms with Crippen molar-refractivity contribution in [3.8, 4) is 0 Å². The van der Waals surface area contributed by atoms with Crippen LogP contribution in [0.5, 0.6) is 0 Å². The zero-order valence-corrected chi connectivity index (χ0v) is 18.3. The third-order valence-electron chi connectivity index (χ3n) is 5.46. The Labute approximate surface area is 191 Å². The van der Waals surface area contributed by atoms with E-state index in [0.717, 1.165) is 24.1 Å². The number of aromatic nitrogens is 6. The van der Waals surface area contributed by atoms with Crippen LogP contribution in [0.4, 0.5) is 10.2 Å². The molecule has 0 saturated heterocycles. The van der Waals surface area contributed by atoms with E-state index >= 15 is 0 Å². The van der Waals surface area contributed by atoms with E-state index < -0.39 is 0 Å². The highest BCUT2D eigenvalue weighted by Crippen LogP contribution is 2.22.